The Morgan fingerprint density at radius 1 is 1.06 bits per heavy atom. The number of phenols is 1. The summed E-state index contributed by atoms with van der Waals surface area (Å²) in [6.45, 7) is 3.60. The van der Waals surface area contributed by atoms with E-state index < -0.39 is 17.8 Å². The minimum Gasteiger partial charge on any atom is -0.508 e. The van der Waals surface area contributed by atoms with Crippen molar-refractivity contribution in [1.29, 1.82) is 0 Å². The number of phenolic OH excluding ortho intramolecular Hbond substituents is 1. The van der Waals surface area contributed by atoms with Gasteiger partial charge in [0.25, 0.3) is 5.91 Å². The molecule has 0 atom stereocenters. The minimum absolute atomic E-state index is 0.00499. The highest BCUT2D eigenvalue weighted by Crippen LogP contribution is 2.23. The number of hydrazone groups is 1. The number of ether oxygens (including phenoxy) is 2. The van der Waals surface area contributed by atoms with Gasteiger partial charge in [-0.1, -0.05) is 12.1 Å². The van der Waals surface area contributed by atoms with Crippen LogP contribution in [0.5, 0.6) is 5.75 Å². The number of hydrogen-bond donors (Lipinski definition) is 3. The second kappa shape index (κ2) is 9.75. The maximum Gasteiger partial charge on any atom is 0.341 e. The van der Waals surface area contributed by atoms with Crippen LogP contribution in [-0.4, -0.2) is 46.9 Å². The number of amides is 1. The SMILES string of the molecule is CCOC(=O)c1c[nH]c(C=C2C(=O)NN=C2CCc2ccc(O)cc2)c1C(=O)OCC. The van der Waals surface area contributed by atoms with Crippen LogP contribution in [0.4, 0.5) is 0 Å². The summed E-state index contributed by atoms with van der Waals surface area (Å²) in [6.07, 6.45) is 3.88. The molecule has 9 nitrogen and oxygen atoms in total. The molecule has 0 spiro atoms. The molecule has 3 N–H and O–H groups in total. The average molecular weight is 425 g/mol. The van der Waals surface area contributed by atoms with E-state index in [4.69, 9.17) is 9.47 Å². The summed E-state index contributed by atoms with van der Waals surface area (Å²) in [5.74, 6) is -1.60. The van der Waals surface area contributed by atoms with Crippen LogP contribution in [0.25, 0.3) is 6.08 Å². The Hall–Kier alpha value is -3.88. The molecular formula is C22H23N3O6. The van der Waals surface area contributed by atoms with Crippen molar-refractivity contribution in [3.8, 4) is 5.75 Å². The number of aryl methyl sites for hydroxylation is 1. The third-order valence-electron chi connectivity index (χ3n) is 4.61. The predicted octanol–water partition coefficient (Wildman–Crippen LogP) is 2.58. The van der Waals surface area contributed by atoms with E-state index in [1.54, 1.807) is 38.1 Å². The Morgan fingerprint density at radius 2 is 1.74 bits per heavy atom. The Kier molecular flexibility index (Phi) is 6.86. The molecule has 0 aliphatic carbocycles. The van der Waals surface area contributed by atoms with Crippen molar-refractivity contribution < 1.29 is 29.0 Å². The number of benzene rings is 1. The standard InChI is InChI=1S/C22H23N3O6/c1-3-30-21(28)16-12-23-18(19(16)22(29)31-4-2)11-15-17(24-25-20(15)27)10-7-13-5-8-14(26)9-6-13/h5-6,8-9,11-12,23,26H,3-4,7,10H2,1-2H3,(H,25,27). The van der Waals surface area contributed by atoms with Crippen molar-refractivity contribution in [3.05, 3.63) is 58.4 Å². The highest BCUT2D eigenvalue weighted by Gasteiger charge is 2.28. The van der Waals surface area contributed by atoms with E-state index in [0.717, 1.165) is 5.56 Å². The van der Waals surface area contributed by atoms with Gasteiger partial charge < -0.3 is 19.6 Å². The molecule has 31 heavy (non-hydrogen) atoms. The maximum absolute atomic E-state index is 12.5. The number of esters is 2. The first-order valence-corrected chi connectivity index (χ1v) is 9.87. The molecule has 1 aliphatic rings. The van der Waals surface area contributed by atoms with Gasteiger partial charge in [-0.05, 0) is 50.5 Å². The van der Waals surface area contributed by atoms with Crippen LogP contribution < -0.4 is 5.43 Å². The molecule has 1 aromatic heterocycles. The summed E-state index contributed by atoms with van der Waals surface area (Å²) in [7, 11) is 0. The molecule has 0 saturated heterocycles. The highest BCUT2D eigenvalue weighted by atomic mass is 16.5. The fraction of sp³-hybridized carbons (Fsp3) is 0.273. The molecule has 0 fully saturated rings. The van der Waals surface area contributed by atoms with Crippen LogP contribution >= 0.6 is 0 Å². The molecule has 1 amide bonds. The highest BCUT2D eigenvalue weighted by molar-refractivity contribution is 6.27. The summed E-state index contributed by atoms with van der Waals surface area (Å²) >= 11 is 0. The van der Waals surface area contributed by atoms with Gasteiger partial charge in [0.15, 0.2) is 0 Å². The fourth-order valence-electron chi connectivity index (χ4n) is 3.13. The Morgan fingerprint density at radius 3 is 2.42 bits per heavy atom. The number of aromatic hydroxyl groups is 1. The van der Waals surface area contributed by atoms with Crippen molar-refractivity contribution in [1.82, 2.24) is 10.4 Å². The lowest BCUT2D eigenvalue weighted by molar-refractivity contribution is -0.116. The van der Waals surface area contributed by atoms with Crippen LogP contribution in [0.1, 0.15) is 52.2 Å². The first-order chi connectivity index (χ1) is 14.9. The van der Waals surface area contributed by atoms with E-state index in [0.29, 0.717) is 18.6 Å². The average Bonchev–Trinajstić information content (AvgIpc) is 3.32. The third kappa shape index (κ3) is 5.00. The summed E-state index contributed by atoms with van der Waals surface area (Å²) in [5.41, 5.74) is 4.49. The second-order valence-electron chi connectivity index (χ2n) is 6.66. The number of carbonyl (C=O) groups is 3. The largest absolute Gasteiger partial charge is 0.508 e. The summed E-state index contributed by atoms with van der Waals surface area (Å²) in [4.78, 5) is 40.0. The molecule has 0 bridgehead atoms. The zero-order valence-electron chi connectivity index (χ0n) is 17.2. The normalized spacial score (nSPS) is 14.3. The van der Waals surface area contributed by atoms with Crippen molar-refractivity contribution in [3.63, 3.8) is 0 Å². The first-order valence-electron chi connectivity index (χ1n) is 9.87. The number of carbonyl (C=O) groups excluding carboxylic acids is 3. The molecule has 0 saturated carbocycles. The zero-order valence-corrected chi connectivity index (χ0v) is 17.2. The molecule has 0 radical (unpaired) electrons. The molecule has 1 aliphatic heterocycles. The molecule has 2 aromatic rings. The van der Waals surface area contributed by atoms with E-state index in [1.165, 1.54) is 12.3 Å². The molecule has 1 aromatic carbocycles. The number of nitrogens with zero attached hydrogens (tertiary/aromatic N) is 1. The topological polar surface area (TPSA) is 130 Å². The van der Waals surface area contributed by atoms with Crippen molar-refractivity contribution in [2.45, 2.75) is 26.7 Å². The number of aromatic nitrogens is 1. The van der Waals surface area contributed by atoms with E-state index in [1.807, 2.05) is 0 Å². The Labute approximate surface area is 178 Å². The molecule has 9 heteroatoms. The van der Waals surface area contributed by atoms with Crippen LogP contribution in [0.2, 0.25) is 0 Å². The van der Waals surface area contributed by atoms with Gasteiger partial charge in [-0.3, -0.25) is 4.79 Å². The Bertz CT molecular complexity index is 1050. The van der Waals surface area contributed by atoms with Gasteiger partial charge in [0.2, 0.25) is 0 Å². The van der Waals surface area contributed by atoms with Crippen molar-refractivity contribution in [2.75, 3.05) is 13.2 Å². The monoisotopic (exact) mass is 425 g/mol. The van der Waals surface area contributed by atoms with Crippen molar-refractivity contribution in [2.24, 2.45) is 5.10 Å². The molecule has 3 rings (SSSR count). The summed E-state index contributed by atoms with van der Waals surface area (Å²) < 4.78 is 10.1. The van der Waals surface area contributed by atoms with Gasteiger partial charge in [-0.25, -0.2) is 15.0 Å². The quantitative estimate of drug-likeness (QED) is 0.440. The minimum atomic E-state index is -0.695. The lowest BCUT2D eigenvalue weighted by atomic mass is 10.0. The molecule has 162 valence electrons. The number of H-pyrrole nitrogens is 1. The van der Waals surface area contributed by atoms with Gasteiger partial charge >= 0.3 is 11.9 Å². The third-order valence-corrected chi connectivity index (χ3v) is 4.61. The maximum atomic E-state index is 12.5. The van der Waals surface area contributed by atoms with Crippen LogP contribution in [0.3, 0.4) is 0 Å². The lowest BCUT2D eigenvalue weighted by Crippen LogP contribution is -2.15. The predicted molar refractivity (Wildman–Crippen MR) is 113 cm³/mol. The van der Waals surface area contributed by atoms with Crippen molar-refractivity contribution >= 4 is 29.6 Å². The van der Waals surface area contributed by atoms with Crippen LogP contribution in [0.15, 0.2) is 41.1 Å². The number of aromatic amines is 1. The zero-order chi connectivity index (χ0) is 22.4. The summed E-state index contributed by atoms with van der Waals surface area (Å²) in [6, 6.07) is 6.76. The number of hydrogen-bond acceptors (Lipinski definition) is 7. The molecule has 2 heterocycles. The van der Waals surface area contributed by atoms with Crippen LogP contribution in [-0.2, 0) is 20.7 Å². The van der Waals surface area contributed by atoms with E-state index >= 15 is 0 Å². The molecular weight excluding hydrogens is 402 g/mol. The van der Waals surface area contributed by atoms with Gasteiger partial charge in [0.1, 0.15) is 5.75 Å². The van der Waals surface area contributed by atoms with E-state index in [9.17, 15) is 19.5 Å². The second-order valence-corrected chi connectivity index (χ2v) is 6.66. The van der Waals surface area contributed by atoms with Gasteiger partial charge in [-0.2, -0.15) is 5.10 Å². The fourth-order valence-corrected chi connectivity index (χ4v) is 3.13. The Balaban J connectivity index is 1.89. The molecule has 0 unspecified atom stereocenters. The smallest absolute Gasteiger partial charge is 0.341 e. The van der Waals surface area contributed by atoms with Gasteiger partial charge in [-0.15, -0.1) is 0 Å². The van der Waals surface area contributed by atoms with Gasteiger partial charge in [0.05, 0.1) is 41.3 Å². The van der Waals surface area contributed by atoms with Gasteiger partial charge in [0, 0.05) is 6.20 Å². The van der Waals surface area contributed by atoms with Crippen LogP contribution in [0, 0.1) is 0 Å². The van der Waals surface area contributed by atoms with E-state index in [-0.39, 0.29) is 41.4 Å². The first kappa shape index (κ1) is 21.8. The van der Waals surface area contributed by atoms with E-state index in [2.05, 4.69) is 15.5 Å². The lowest BCUT2D eigenvalue weighted by Gasteiger charge is -2.06. The number of rotatable bonds is 8. The summed E-state index contributed by atoms with van der Waals surface area (Å²) in [5, 5.41) is 13.5. The number of nitrogens with one attached hydrogen (secondary N) is 2.